The van der Waals surface area contributed by atoms with E-state index in [1.807, 2.05) is 0 Å². The minimum Gasteiger partial charge on any atom is -0.462 e. The van der Waals surface area contributed by atoms with Crippen molar-refractivity contribution in [2.45, 2.75) is 32.3 Å². The molecule has 0 amide bonds. The van der Waals surface area contributed by atoms with Gasteiger partial charge in [0, 0.05) is 6.42 Å². The van der Waals surface area contributed by atoms with E-state index in [0.29, 0.717) is 6.42 Å². The van der Waals surface area contributed by atoms with Crippen molar-refractivity contribution in [1.82, 2.24) is 0 Å². The first kappa shape index (κ1) is 8.24. The lowest BCUT2D eigenvalue weighted by Crippen LogP contribution is -2.36. The second kappa shape index (κ2) is 3.51. The van der Waals surface area contributed by atoms with Crippen molar-refractivity contribution in [3.63, 3.8) is 0 Å². The Morgan fingerprint density at radius 1 is 1.64 bits per heavy atom. The van der Waals surface area contributed by atoms with E-state index in [1.165, 1.54) is 0 Å². The van der Waals surface area contributed by atoms with Crippen LogP contribution in [0, 0.1) is 5.92 Å². The van der Waals surface area contributed by atoms with Crippen LogP contribution in [0.25, 0.3) is 0 Å². The summed E-state index contributed by atoms with van der Waals surface area (Å²) in [6.45, 7) is 1.75. The molecule has 1 fully saturated rings. The molecule has 2 atom stereocenters. The highest BCUT2D eigenvalue weighted by Crippen LogP contribution is 2.28. The largest absolute Gasteiger partial charge is 0.462 e. The maximum absolute atomic E-state index is 10.7. The van der Waals surface area contributed by atoms with Gasteiger partial charge in [-0.05, 0) is 12.8 Å². The van der Waals surface area contributed by atoms with E-state index in [4.69, 9.17) is 4.74 Å². The Morgan fingerprint density at radius 2 is 2.36 bits per heavy atom. The third kappa shape index (κ3) is 1.79. The number of carbonyl (C=O) groups excluding carboxylic acids is 2. The molecule has 62 valence electrons. The van der Waals surface area contributed by atoms with E-state index in [2.05, 4.69) is 0 Å². The minimum absolute atomic E-state index is 0.0366. The second-order valence-electron chi connectivity index (χ2n) is 2.76. The number of aldehydes is 1. The lowest BCUT2D eigenvalue weighted by Gasteiger charge is -2.31. The Hall–Kier alpha value is -0.860. The van der Waals surface area contributed by atoms with E-state index in [1.54, 1.807) is 6.92 Å². The lowest BCUT2D eigenvalue weighted by atomic mass is 9.83. The van der Waals surface area contributed by atoms with E-state index < -0.39 is 0 Å². The van der Waals surface area contributed by atoms with Gasteiger partial charge in [-0.2, -0.15) is 0 Å². The van der Waals surface area contributed by atoms with Gasteiger partial charge >= 0.3 is 5.97 Å². The first-order valence-corrected chi connectivity index (χ1v) is 3.92. The Bertz CT molecular complexity index is 165. The summed E-state index contributed by atoms with van der Waals surface area (Å²) in [7, 11) is 0. The summed E-state index contributed by atoms with van der Waals surface area (Å²) < 4.78 is 4.97. The van der Waals surface area contributed by atoms with E-state index in [0.717, 1.165) is 19.1 Å². The molecule has 0 saturated heterocycles. The Kier molecular flexibility index (Phi) is 2.63. The molecular weight excluding hydrogens is 144 g/mol. The van der Waals surface area contributed by atoms with Crippen LogP contribution in [0.15, 0.2) is 0 Å². The standard InChI is InChI=1S/C8H12O3/c1-2-8(10)11-7-4-3-6(7)5-9/h5-7H,2-4H2,1H3/t6-,7-/m1/s1. The highest BCUT2D eigenvalue weighted by Gasteiger charge is 2.33. The average molecular weight is 156 g/mol. The van der Waals surface area contributed by atoms with E-state index in [-0.39, 0.29) is 18.0 Å². The first-order chi connectivity index (χ1) is 5.27. The molecule has 3 nitrogen and oxygen atoms in total. The fraction of sp³-hybridized carbons (Fsp3) is 0.750. The van der Waals surface area contributed by atoms with E-state index in [9.17, 15) is 9.59 Å². The minimum atomic E-state index is -0.207. The maximum atomic E-state index is 10.7. The van der Waals surface area contributed by atoms with Gasteiger partial charge in [0.1, 0.15) is 12.4 Å². The zero-order valence-electron chi connectivity index (χ0n) is 6.58. The quantitative estimate of drug-likeness (QED) is 0.450. The summed E-state index contributed by atoms with van der Waals surface area (Å²) in [6, 6.07) is 0. The topological polar surface area (TPSA) is 43.4 Å². The smallest absolute Gasteiger partial charge is 0.305 e. The van der Waals surface area contributed by atoms with Gasteiger partial charge in [-0.15, -0.1) is 0 Å². The van der Waals surface area contributed by atoms with Crippen LogP contribution in [-0.2, 0) is 14.3 Å². The summed E-state index contributed by atoms with van der Waals surface area (Å²) in [5.41, 5.74) is 0. The molecule has 0 aromatic rings. The van der Waals surface area contributed by atoms with Gasteiger partial charge in [0.2, 0.25) is 0 Å². The number of hydrogen-bond donors (Lipinski definition) is 0. The normalized spacial score (nSPS) is 28.8. The highest BCUT2D eigenvalue weighted by molar-refractivity contribution is 5.70. The van der Waals surface area contributed by atoms with Crippen molar-refractivity contribution in [3.8, 4) is 0 Å². The summed E-state index contributed by atoms with van der Waals surface area (Å²) in [5.74, 6) is -0.243. The molecule has 0 aliphatic heterocycles. The fourth-order valence-corrected chi connectivity index (χ4v) is 1.05. The molecule has 3 heteroatoms. The number of esters is 1. The molecule has 0 aromatic heterocycles. The van der Waals surface area contributed by atoms with Crippen LogP contribution in [0.5, 0.6) is 0 Å². The summed E-state index contributed by atoms with van der Waals surface area (Å²) in [6.07, 6.45) is 2.85. The third-order valence-corrected chi connectivity index (χ3v) is 2.01. The van der Waals surface area contributed by atoms with Crippen LogP contribution in [0.2, 0.25) is 0 Å². The fourth-order valence-electron chi connectivity index (χ4n) is 1.05. The zero-order valence-corrected chi connectivity index (χ0v) is 6.58. The highest BCUT2D eigenvalue weighted by atomic mass is 16.5. The van der Waals surface area contributed by atoms with Crippen LogP contribution < -0.4 is 0 Å². The average Bonchev–Trinajstić information content (AvgIpc) is 1.98. The molecule has 1 saturated carbocycles. The summed E-state index contributed by atoms with van der Waals surface area (Å²) in [5, 5.41) is 0. The van der Waals surface area contributed by atoms with Crippen LogP contribution >= 0.6 is 0 Å². The van der Waals surface area contributed by atoms with Crippen LogP contribution in [0.4, 0.5) is 0 Å². The molecule has 0 N–H and O–H groups in total. The van der Waals surface area contributed by atoms with Crippen molar-refractivity contribution < 1.29 is 14.3 Å². The van der Waals surface area contributed by atoms with Crippen LogP contribution in [-0.4, -0.2) is 18.4 Å². The van der Waals surface area contributed by atoms with Gasteiger partial charge in [0.25, 0.3) is 0 Å². The van der Waals surface area contributed by atoms with Crippen molar-refractivity contribution in [2.24, 2.45) is 5.92 Å². The molecule has 0 spiro atoms. The summed E-state index contributed by atoms with van der Waals surface area (Å²) in [4.78, 5) is 21.0. The Balaban J connectivity index is 2.27. The van der Waals surface area contributed by atoms with Crippen LogP contribution in [0.3, 0.4) is 0 Å². The van der Waals surface area contributed by atoms with Crippen molar-refractivity contribution >= 4 is 12.3 Å². The summed E-state index contributed by atoms with van der Waals surface area (Å²) >= 11 is 0. The van der Waals surface area contributed by atoms with Crippen molar-refractivity contribution in [3.05, 3.63) is 0 Å². The molecule has 1 aliphatic rings. The molecule has 0 unspecified atom stereocenters. The predicted octanol–water partition coefficient (Wildman–Crippen LogP) is 0.917. The first-order valence-electron chi connectivity index (χ1n) is 3.92. The molecule has 11 heavy (non-hydrogen) atoms. The van der Waals surface area contributed by atoms with Gasteiger partial charge < -0.3 is 9.53 Å². The van der Waals surface area contributed by atoms with Gasteiger partial charge in [-0.3, -0.25) is 4.79 Å². The van der Waals surface area contributed by atoms with E-state index >= 15 is 0 Å². The van der Waals surface area contributed by atoms with Gasteiger partial charge in [0.05, 0.1) is 5.92 Å². The van der Waals surface area contributed by atoms with Gasteiger partial charge in [-0.25, -0.2) is 0 Å². The molecular formula is C8H12O3. The van der Waals surface area contributed by atoms with Gasteiger partial charge in [0.15, 0.2) is 0 Å². The number of rotatable bonds is 3. The Morgan fingerprint density at radius 3 is 2.73 bits per heavy atom. The molecule has 1 rings (SSSR count). The number of ether oxygens (including phenoxy) is 1. The molecule has 0 bridgehead atoms. The van der Waals surface area contributed by atoms with Crippen LogP contribution in [0.1, 0.15) is 26.2 Å². The van der Waals surface area contributed by atoms with Crippen molar-refractivity contribution in [1.29, 1.82) is 0 Å². The molecule has 1 aliphatic carbocycles. The predicted molar refractivity (Wildman–Crippen MR) is 39.0 cm³/mol. The van der Waals surface area contributed by atoms with Gasteiger partial charge in [-0.1, -0.05) is 6.92 Å². The SMILES string of the molecule is CCC(=O)O[C@@H]1CC[C@@H]1C=O. The molecule has 0 heterocycles. The number of carbonyl (C=O) groups is 2. The monoisotopic (exact) mass is 156 g/mol. The number of hydrogen-bond acceptors (Lipinski definition) is 3. The third-order valence-electron chi connectivity index (χ3n) is 2.01. The lowest BCUT2D eigenvalue weighted by molar-refractivity contribution is -0.158. The Labute approximate surface area is 65.7 Å². The maximum Gasteiger partial charge on any atom is 0.305 e. The van der Waals surface area contributed by atoms with Crippen molar-refractivity contribution in [2.75, 3.05) is 0 Å². The molecule has 0 radical (unpaired) electrons. The molecule has 0 aromatic carbocycles. The second-order valence-corrected chi connectivity index (χ2v) is 2.76. The zero-order chi connectivity index (χ0) is 8.27.